The van der Waals surface area contributed by atoms with Gasteiger partial charge >= 0.3 is 0 Å². The normalized spacial score (nSPS) is 11.9. The number of hydrogen-bond acceptors (Lipinski definition) is 0. The lowest BCUT2D eigenvalue weighted by Crippen LogP contribution is -1.77. The Balaban J connectivity index is 3.12. The van der Waals surface area contributed by atoms with Crippen LogP contribution in [0.15, 0.2) is 24.3 Å². The van der Waals surface area contributed by atoms with Gasteiger partial charge in [0.2, 0.25) is 0 Å². The van der Waals surface area contributed by atoms with Crippen molar-refractivity contribution in [2.75, 3.05) is 5.88 Å². The highest BCUT2D eigenvalue weighted by atomic mass is 35.5. The summed E-state index contributed by atoms with van der Waals surface area (Å²) in [4.78, 5) is 0. The summed E-state index contributed by atoms with van der Waals surface area (Å²) in [5.41, 5.74) is 0. The second-order valence-electron chi connectivity index (χ2n) is 4.24. The first-order chi connectivity index (χ1) is 7.91. The van der Waals surface area contributed by atoms with Gasteiger partial charge in [-0.1, -0.05) is 63.3 Å². The Morgan fingerprint density at radius 3 is 1.94 bits per heavy atom. The second kappa shape index (κ2) is 14.8. The van der Waals surface area contributed by atoms with Gasteiger partial charge in [0.25, 0.3) is 0 Å². The van der Waals surface area contributed by atoms with Crippen LogP contribution in [-0.4, -0.2) is 5.88 Å². The van der Waals surface area contributed by atoms with E-state index in [9.17, 15) is 0 Å². The monoisotopic (exact) mass is 242 g/mol. The highest BCUT2D eigenvalue weighted by molar-refractivity contribution is 6.17. The number of hydrogen-bond donors (Lipinski definition) is 0. The van der Waals surface area contributed by atoms with Crippen LogP contribution in [0.2, 0.25) is 0 Å². The van der Waals surface area contributed by atoms with Crippen LogP contribution in [0.3, 0.4) is 0 Å². The van der Waals surface area contributed by atoms with E-state index >= 15 is 0 Å². The zero-order valence-electron chi connectivity index (χ0n) is 10.8. The molecule has 1 heteroatoms. The average molecular weight is 243 g/mol. The van der Waals surface area contributed by atoms with Crippen LogP contribution in [-0.2, 0) is 0 Å². The van der Waals surface area contributed by atoms with Crippen molar-refractivity contribution in [3.63, 3.8) is 0 Å². The van der Waals surface area contributed by atoms with Crippen LogP contribution < -0.4 is 0 Å². The molecule has 16 heavy (non-hydrogen) atoms. The average Bonchev–Trinajstić information content (AvgIpc) is 2.31. The maximum Gasteiger partial charge on any atom is 0.0226 e. The lowest BCUT2D eigenvalue weighted by Gasteiger charge is -1.97. The summed E-state index contributed by atoms with van der Waals surface area (Å²) in [6.07, 6.45) is 20.5. The molecule has 0 aromatic rings. The Morgan fingerprint density at radius 2 is 1.31 bits per heavy atom. The Kier molecular flexibility index (Phi) is 14.6. The van der Waals surface area contributed by atoms with Crippen LogP contribution in [0.25, 0.3) is 0 Å². The van der Waals surface area contributed by atoms with Crippen molar-refractivity contribution in [1.29, 1.82) is 0 Å². The Labute approximate surface area is 107 Å². The molecule has 0 aliphatic heterocycles. The van der Waals surface area contributed by atoms with E-state index in [2.05, 4.69) is 31.2 Å². The SMILES string of the molecule is CCCCCCCC/C=C\C=C\CCCCl. The fourth-order valence-electron chi connectivity index (χ4n) is 1.59. The minimum atomic E-state index is 0.770. The molecule has 0 rings (SSSR count). The lowest BCUT2D eigenvalue weighted by atomic mass is 10.1. The molecular formula is C15H27Cl. The molecule has 0 nitrogen and oxygen atoms in total. The molecule has 0 amide bonds. The molecule has 0 radical (unpaired) electrons. The molecule has 0 unspecified atom stereocenters. The molecule has 0 aliphatic carbocycles. The van der Waals surface area contributed by atoms with Gasteiger partial charge in [-0.2, -0.15) is 0 Å². The van der Waals surface area contributed by atoms with Gasteiger partial charge in [-0.15, -0.1) is 11.6 Å². The molecule has 0 saturated heterocycles. The summed E-state index contributed by atoms with van der Waals surface area (Å²) in [5.74, 6) is 0.770. The molecule has 0 bridgehead atoms. The van der Waals surface area contributed by atoms with E-state index in [1.165, 1.54) is 44.9 Å². The number of unbranched alkanes of at least 4 members (excludes halogenated alkanes) is 7. The van der Waals surface area contributed by atoms with E-state index in [-0.39, 0.29) is 0 Å². The lowest BCUT2D eigenvalue weighted by molar-refractivity contribution is 0.611. The van der Waals surface area contributed by atoms with Crippen LogP contribution >= 0.6 is 11.6 Å². The number of allylic oxidation sites excluding steroid dienone is 4. The molecule has 0 aromatic carbocycles. The highest BCUT2D eigenvalue weighted by Crippen LogP contribution is 2.07. The smallest absolute Gasteiger partial charge is 0.0226 e. The van der Waals surface area contributed by atoms with Crippen LogP contribution in [0.5, 0.6) is 0 Å². The highest BCUT2D eigenvalue weighted by Gasteiger charge is 1.87. The molecule has 0 aromatic heterocycles. The Hall–Kier alpha value is -0.230. The first kappa shape index (κ1) is 15.8. The fraction of sp³-hybridized carbons (Fsp3) is 0.733. The molecular weight excluding hydrogens is 216 g/mol. The van der Waals surface area contributed by atoms with Gasteiger partial charge in [-0.3, -0.25) is 0 Å². The van der Waals surface area contributed by atoms with Gasteiger partial charge in [0, 0.05) is 5.88 Å². The van der Waals surface area contributed by atoms with Crippen LogP contribution in [0.1, 0.15) is 64.7 Å². The summed E-state index contributed by atoms with van der Waals surface area (Å²) in [7, 11) is 0. The third kappa shape index (κ3) is 13.8. The van der Waals surface area contributed by atoms with Crippen molar-refractivity contribution in [3.8, 4) is 0 Å². The molecule has 0 atom stereocenters. The van der Waals surface area contributed by atoms with E-state index in [0.29, 0.717) is 0 Å². The summed E-state index contributed by atoms with van der Waals surface area (Å²) < 4.78 is 0. The zero-order valence-corrected chi connectivity index (χ0v) is 11.5. The molecule has 0 fully saturated rings. The topological polar surface area (TPSA) is 0 Å². The van der Waals surface area contributed by atoms with Crippen molar-refractivity contribution in [2.24, 2.45) is 0 Å². The van der Waals surface area contributed by atoms with Gasteiger partial charge in [0.15, 0.2) is 0 Å². The molecule has 0 heterocycles. The van der Waals surface area contributed by atoms with Gasteiger partial charge in [-0.05, 0) is 25.7 Å². The predicted octanol–water partition coefficient (Wildman–Crippen LogP) is 5.87. The third-order valence-electron chi connectivity index (χ3n) is 2.61. The largest absolute Gasteiger partial charge is 0.127 e. The molecule has 0 N–H and O–H groups in total. The third-order valence-corrected chi connectivity index (χ3v) is 2.88. The minimum Gasteiger partial charge on any atom is -0.127 e. The molecule has 0 aliphatic rings. The number of halogens is 1. The van der Waals surface area contributed by atoms with Crippen molar-refractivity contribution in [1.82, 2.24) is 0 Å². The maximum absolute atomic E-state index is 5.58. The maximum atomic E-state index is 5.58. The van der Waals surface area contributed by atoms with E-state index in [1.54, 1.807) is 0 Å². The second-order valence-corrected chi connectivity index (χ2v) is 4.62. The number of alkyl halides is 1. The van der Waals surface area contributed by atoms with Gasteiger partial charge in [-0.25, -0.2) is 0 Å². The summed E-state index contributed by atoms with van der Waals surface area (Å²) in [6.45, 7) is 2.26. The standard InChI is InChI=1S/C15H27Cl/c1-2-3-4-5-6-7-8-9-10-11-12-13-14-15-16/h9-12H,2-8,13-15H2,1H3/b10-9-,12-11+. The zero-order chi connectivity index (χ0) is 11.9. The van der Waals surface area contributed by atoms with Crippen molar-refractivity contribution in [3.05, 3.63) is 24.3 Å². The first-order valence-corrected chi connectivity index (χ1v) is 7.33. The van der Waals surface area contributed by atoms with Gasteiger partial charge < -0.3 is 0 Å². The summed E-state index contributed by atoms with van der Waals surface area (Å²) >= 11 is 5.58. The summed E-state index contributed by atoms with van der Waals surface area (Å²) in [6, 6.07) is 0. The predicted molar refractivity (Wildman–Crippen MR) is 76.2 cm³/mol. The van der Waals surface area contributed by atoms with Crippen LogP contribution in [0.4, 0.5) is 0 Å². The van der Waals surface area contributed by atoms with Crippen LogP contribution in [0, 0.1) is 0 Å². The minimum absolute atomic E-state index is 0.770. The first-order valence-electron chi connectivity index (χ1n) is 6.79. The fourth-order valence-corrected chi connectivity index (χ4v) is 1.74. The summed E-state index contributed by atoms with van der Waals surface area (Å²) in [5, 5.41) is 0. The van der Waals surface area contributed by atoms with E-state index in [0.717, 1.165) is 18.7 Å². The molecule has 94 valence electrons. The van der Waals surface area contributed by atoms with Crippen molar-refractivity contribution < 1.29 is 0 Å². The van der Waals surface area contributed by atoms with E-state index in [1.807, 2.05) is 0 Å². The van der Waals surface area contributed by atoms with Crippen molar-refractivity contribution in [2.45, 2.75) is 64.7 Å². The van der Waals surface area contributed by atoms with E-state index < -0.39 is 0 Å². The van der Waals surface area contributed by atoms with Gasteiger partial charge in [0.05, 0.1) is 0 Å². The van der Waals surface area contributed by atoms with Crippen molar-refractivity contribution >= 4 is 11.6 Å². The Bertz CT molecular complexity index is 170. The molecule has 0 spiro atoms. The Morgan fingerprint density at radius 1 is 0.750 bits per heavy atom. The van der Waals surface area contributed by atoms with E-state index in [4.69, 9.17) is 11.6 Å². The quantitative estimate of drug-likeness (QED) is 0.242. The molecule has 0 saturated carbocycles. The number of rotatable bonds is 11. The van der Waals surface area contributed by atoms with Gasteiger partial charge in [0.1, 0.15) is 0 Å².